The van der Waals surface area contributed by atoms with Gasteiger partial charge in [0.25, 0.3) is 11.8 Å². The summed E-state index contributed by atoms with van der Waals surface area (Å²) in [5, 5.41) is 2.79. The molecular weight excluding hydrogens is 400 g/mol. The van der Waals surface area contributed by atoms with Crippen molar-refractivity contribution in [2.24, 2.45) is 0 Å². The van der Waals surface area contributed by atoms with Gasteiger partial charge in [-0.1, -0.05) is 0 Å². The molecule has 3 amide bonds. The topological polar surface area (TPSA) is 100 Å². The van der Waals surface area contributed by atoms with E-state index in [4.69, 9.17) is 0 Å². The maximum atomic E-state index is 13.0. The molecule has 160 valence electrons. The molecule has 2 aliphatic rings. The number of hydrazine groups is 1. The second kappa shape index (κ2) is 8.55. The Morgan fingerprint density at radius 1 is 0.871 bits per heavy atom. The van der Waals surface area contributed by atoms with Crippen LogP contribution in [0, 0.1) is 0 Å². The van der Waals surface area contributed by atoms with Crippen LogP contribution < -0.4 is 4.90 Å². The van der Waals surface area contributed by atoms with E-state index >= 15 is 0 Å². The average molecular weight is 422 g/mol. The predicted octanol–water partition coefficient (Wildman–Crippen LogP) is 1.90. The summed E-state index contributed by atoms with van der Waals surface area (Å²) in [4.78, 5) is 55.2. The Labute approximate surface area is 179 Å². The number of ether oxygens (including phenoxy) is 1. The van der Waals surface area contributed by atoms with Crippen LogP contribution in [0.15, 0.2) is 42.6 Å². The molecule has 0 unspecified atom stereocenters. The Balaban J connectivity index is 1.48. The number of amides is 3. The van der Waals surface area contributed by atoms with Crippen LogP contribution in [0.5, 0.6) is 0 Å². The van der Waals surface area contributed by atoms with Crippen molar-refractivity contribution in [3.63, 3.8) is 0 Å². The summed E-state index contributed by atoms with van der Waals surface area (Å²) < 4.78 is 4.63. The van der Waals surface area contributed by atoms with Gasteiger partial charge in [-0.2, -0.15) is 0 Å². The van der Waals surface area contributed by atoms with Crippen LogP contribution >= 0.6 is 0 Å². The summed E-state index contributed by atoms with van der Waals surface area (Å²) in [5.74, 6) is -1.16. The van der Waals surface area contributed by atoms with Crippen LogP contribution in [0.25, 0.3) is 0 Å². The number of rotatable bonds is 4. The van der Waals surface area contributed by atoms with E-state index in [0.717, 1.165) is 12.1 Å². The third kappa shape index (κ3) is 3.98. The van der Waals surface area contributed by atoms with Gasteiger partial charge in [-0.25, -0.2) is 14.8 Å². The van der Waals surface area contributed by atoms with Crippen molar-refractivity contribution >= 4 is 29.4 Å². The molecule has 2 aliphatic heterocycles. The maximum Gasteiger partial charge on any atom is 0.339 e. The molecule has 0 atom stereocenters. The zero-order chi connectivity index (χ0) is 22.0. The normalized spacial score (nSPS) is 16.0. The Morgan fingerprint density at radius 3 is 2.13 bits per heavy atom. The van der Waals surface area contributed by atoms with Crippen molar-refractivity contribution < 1.29 is 23.9 Å². The number of benzene rings is 1. The fourth-order valence-corrected chi connectivity index (χ4v) is 3.78. The van der Waals surface area contributed by atoms with E-state index in [9.17, 15) is 19.2 Å². The lowest BCUT2D eigenvalue weighted by molar-refractivity contribution is -0.117. The molecular formula is C22H22N4O5. The molecule has 2 saturated heterocycles. The second-order valence-electron chi connectivity index (χ2n) is 7.33. The van der Waals surface area contributed by atoms with Crippen LogP contribution in [-0.2, 0) is 9.53 Å². The number of methoxy groups -OCH3 is 1. The fourth-order valence-electron chi connectivity index (χ4n) is 3.78. The first-order valence-corrected chi connectivity index (χ1v) is 10.1. The molecule has 0 N–H and O–H groups in total. The van der Waals surface area contributed by atoms with Crippen LogP contribution in [0.3, 0.4) is 0 Å². The molecule has 0 radical (unpaired) electrons. The Morgan fingerprint density at radius 2 is 1.55 bits per heavy atom. The minimum Gasteiger partial charge on any atom is -0.465 e. The first-order chi connectivity index (χ1) is 15.0. The van der Waals surface area contributed by atoms with E-state index in [1.807, 2.05) is 0 Å². The highest BCUT2D eigenvalue weighted by atomic mass is 16.5. The SMILES string of the molecule is COC(=O)c1ccc(C(=O)N2CCCN2C(=O)c2ccc(N3CCCC3=O)cc2)nc1. The molecule has 9 heteroatoms. The van der Waals surface area contributed by atoms with Crippen molar-refractivity contribution in [3.05, 3.63) is 59.4 Å². The summed E-state index contributed by atoms with van der Waals surface area (Å²) in [6, 6.07) is 9.77. The van der Waals surface area contributed by atoms with Crippen LogP contribution in [0.4, 0.5) is 5.69 Å². The highest BCUT2D eigenvalue weighted by Gasteiger charge is 2.33. The largest absolute Gasteiger partial charge is 0.465 e. The molecule has 2 aromatic rings. The molecule has 9 nitrogen and oxygen atoms in total. The van der Waals surface area contributed by atoms with Crippen LogP contribution in [-0.4, -0.2) is 65.4 Å². The third-order valence-electron chi connectivity index (χ3n) is 5.40. The fraction of sp³-hybridized carbons (Fsp3) is 0.318. The van der Waals surface area contributed by atoms with Crippen molar-refractivity contribution in [2.45, 2.75) is 19.3 Å². The van der Waals surface area contributed by atoms with Crippen LogP contribution in [0.2, 0.25) is 0 Å². The van der Waals surface area contributed by atoms with Gasteiger partial charge in [-0.05, 0) is 49.2 Å². The number of hydrogen-bond acceptors (Lipinski definition) is 6. The summed E-state index contributed by atoms with van der Waals surface area (Å²) in [7, 11) is 1.27. The van der Waals surface area contributed by atoms with Gasteiger partial charge in [0.1, 0.15) is 5.69 Å². The number of hydrogen-bond donors (Lipinski definition) is 0. The monoisotopic (exact) mass is 422 g/mol. The number of carbonyl (C=O) groups excluding carboxylic acids is 4. The zero-order valence-electron chi connectivity index (χ0n) is 17.1. The van der Waals surface area contributed by atoms with Crippen molar-refractivity contribution in [3.8, 4) is 0 Å². The molecule has 4 rings (SSSR count). The lowest BCUT2D eigenvalue weighted by Crippen LogP contribution is -2.45. The number of carbonyl (C=O) groups is 4. The Hall–Kier alpha value is -3.75. The van der Waals surface area contributed by atoms with Gasteiger partial charge < -0.3 is 9.64 Å². The molecule has 0 aliphatic carbocycles. The third-order valence-corrected chi connectivity index (χ3v) is 5.40. The molecule has 0 bridgehead atoms. The number of anilines is 1. The lowest BCUT2D eigenvalue weighted by Gasteiger charge is -2.27. The standard InChI is InChI=1S/C22H22N4O5/c1-31-22(30)16-7-10-18(23-14-16)21(29)26-13-3-12-25(26)20(28)15-5-8-17(9-6-15)24-11-2-4-19(24)27/h5-10,14H,2-4,11-13H2,1H3. The minimum absolute atomic E-state index is 0.0844. The summed E-state index contributed by atoms with van der Waals surface area (Å²) in [6.45, 7) is 1.49. The van der Waals surface area contributed by atoms with E-state index in [2.05, 4.69) is 9.72 Å². The molecule has 1 aromatic carbocycles. The number of aromatic nitrogens is 1. The molecule has 0 spiro atoms. The molecule has 3 heterocycles. The van der Waals surface area contributed by atoms with Gasteiger partial charge in [0.05, 0.1) is 12.7 Å². The highest BCUT2D eigenvalue weighted by Crippen LogP contribution is 2.23. The lowest BCUT2D eigenvalue weighted by atomic mass is 10.2. The number of esters is 1. The first-order valence-electron chi connectivity index (χ1n) is 10.1. The molecule has 2 fully saturated rings. The molecule has 31 heavy (non-hydrogen) atoms. The van der Waals surface area contributed by atoms with Crippen molar-refractivity contribution in [2.75, 3.05) is 31.6 Å². The smallest absolute Gasteiger partial charge is 0.339 e. The van der Waals surface area contributed by atoms with E-state index in [0.29, 0.717) is 38.0 Å². The van der Waals surface area contributed by atoms with E-state index in [1.54, 1.807) is 29.2 Å². The van der Waals surface area contributed by atoms with Gasteiger partial charge in [-0.15, -0.1) is 0 Å². The van der Waals surface area contributed by atoms with Gasteiger partial charge in [-0.3, -0.25) is 19.4 Å². The van der Waals surface area contributed by atoms with Gasteiger partial charge in [0, 0.05) is 43.5 Å². The van der Waals surface area contributed by atoms with Gasteiger partial charge in [0.2, 0.25) is 5.91 Å². The van der Waals surface area contributed by atoms with Crippen molar-refractivity contribution in [1.29, 1.82) is 0 Å². The van der Waals surface area contributed by atoms with Crippen molar-refractivity contribution in [1.82, 2.24) is 15.0 Å². The molecule has 1 aromatic heterocycles. The second-order valence-corrected chi connectivity index (χ2v) is 7.33. The molecule has 0 saturated carbocycles. The highest BCUT2D eigenvalue weighted by molar-refractivity contribution is 6.00. The quantitative estimate of drug-likeness (QED) is 0.698. The summed E-state index contributed by atoms with van der Waals surface area (Å²) in [6.07, 6.45) is 3.30. The maximum absolute atomic E-state index is 13.0. The van der Waals surface area contributed by atoms with E-state index in [-0.39, 0.29) is 23.1 Å². The summed E-state index contributed by atoms with van der Waals surface area (Å²) in [5.41, 5.74) is 1.58. The number of nitrogens with zero attached hydrogens (tertiary/aromatic N) is 4. The summed E-state index contributed by atoms with van der Waals surface area (Å²) >= 11 is 0. The van der Waals surface area contributed by atoms with Gasteiger partial charge >= 0.3 is 5.97 Å². The first kappa shape index (κ1) is 20.5. The van der Waals surface area contributed by atoms with E-state index in [1.165, 1.54) is 35.5 Å². The Kier molecular flexibility index (Phi) is 5.66. The number of pyridine rings is 1. The predicted molar refractivity (Wildman–Crippen MR) is 110 cm³/mol. The zero-order valence-corrected chi connectivity index (χ0v) is 17.1. The Bertz CT molecular complexity index is 1020. The van der Waals surface area contributed by atoms with E-state index < -0.39 is 11.9 Å². The van der Waals surface area contributed by atoms with Crippen LogP contribution in [0.1, 0.15) is 50.5 Å². The minimum atomic E-state index is -0.538. The average Bonchev–Trinajstić information content (AvgIpc) is 3.47. The van der Waals surface area contributed by atoms with Gasteiger partial charge in [0.15, 0.2) is 0 Å².